The van der Waals surface area contributed by atoms with E-state index in [0.717, 1.165) is 56.1 Å². The van der Waals surface area contributed by atoms with Gasteiger partial charge in [0, 0.05) is 50.7 Å². The Bertz CT molecular complexity index is 921. The van der Waals surface area contributed by atoms with Gasteiger partial charge < -0.3 is 20.0 Å². The van der Waals surface area contributed by atoms with Gasteiger partial charge in [-0.1, -0.05) is 12.1 Å². The van der Waals surface area contributed by atoms with Crippen LogP contribution in [0.25, 0.3) is 0 Å². The Hall–Kier alpha value is -2.87. The first kappa shape index (κ1) is 20.4. The second-order valence-electron chi connectivity index (χ2n) is 7.95. The van der Waals surface area contributed by atoms with E-state index < -0.39 is 0 Å². The van der Waals surface area contributed by atoms with Crippen molar-refractivity contribution in [3.63, 3.8) is 0 Å². The maximum absolute atomic E-state index is 13.6. The lowest BCUT2D eigenvalue weighted by molar-refractivity contribution is -0.129. The van der Waals surface area contributed by atoms with Crippen molar-refractivity contribution in [3.8, 4) is 0 Å². The third-order valence-electron chi connectivity index (χ3n) is 6.15. The van der Waals surface area contributed by atoms with Crippen LogP contribution in [0.15, 0.2) is 41.9 Å². The number of benzene rings is 1. The fourth-order valence-electron chi connectivity index (χ4n) is 4.31. The normalized spacial score (nSPS) is 19.5. The molecule has 0 bridgehead atoms. The van der Waals surface area contributed by atoms with Crippen LogP contribution in [0.3, 0.4) is 0 Å². The first-order chi connectivity index (χ1) is 14.5. The molecule has 8 nitrogen and oxygen atoms in total. The van der Waals surface area contributed by atoms with E-state index in [1.165, 1.54) is 12.0 Å². The topological polar surface area (TPSA) is 69.5 Å². The Balaban J connectivity index is 1.70. The lowest BCUT2D eigenvalue weighted by Gasteiger charge is -2.36. The number of hydrogen-bond donors (Lipinski definition) is 1. The number of piperazine rings is 1. The van der Waals surface area contributed by atoms with E-state index >= 15 is 0 Å². The molecule has 160 valence electrons. The summed E-state index contributed by atoms with van der Waals surface area (Å²) >= 11 is 0. The quantitative estimate of drug-likeness (QED) is 0.816. The predicted molar refractivity (Wildman–Crippen MR) is 119 cm³/mol. The van der Waals surface area contributed by atoms with Crippen LogP contribution in [0.2, 0.25) is 0 Å². The molecule has 3 heterocycles. The van der Waals surface area contributed by atoms with Crippen LogP contribution >= 0.6 is 0 Å². The molecule has 1 fully saturated rings. The van der Waals surface area contributed by atoms with Crippen LogP contribution in [0, 0.1) is 0 Å². The van der Waals surface area contributed by atoms with Gasteiger partial charge in [-0.3, -0.25) is 4.79 Å². The van der Waals surface area contributed by atoms with Gasteiger partial charge in [0.25, 0.3) is 5.91 Å². The third-order valence-corrected chi connectivity index (χ3v) is 6.15. The molecule has 1 N–H and O–H groups in total. The molecule has 2 aliphatic heterocycles. The summed E-state index contributed by atoms with van der Waals surface area (Å²) in [6, 6.07) is 8.20. The van der Waals surface area contributed by atoms with Crippen LogP contribution < -0.4 is 10.2 Å². The Morgan fingerprint density at radius 3 is 2.43 bits per heavy atom. The summed E-state index contributed by atoms with van der Waals surface area (Å²) in [7, 11) is 2.09. The van der Waals surface area contributed by atoms with Crippen molar-refractivity contribution in [2.24, 2.45) is 0 Å². The number of likely N-dealkylation sites (N-methyl/N-ethyl adjacent to an activating group) is 1. The average Bonchev–Trinajstić information content (AvgIpc) is 3.22. The SMILES string of the molecule is CCN(CC)c1ccc([C@H]2C(C(=O)N3CCN(C)CC3)=C(C)Nc3ncnn32)cc1. The minimum Gasteiger partial charge on any atom is -0.372 e. The Labute approximate surface area is 178 Å². The maximum atomic E-state index is 13.6. The second kappa shape index (κ2) is 8.47. The number of amides is 1. The second-order valence-corrected chi connectivity index (χ2v) is 7.95. The van der Waals surface area contributed by atoms with E-state index in [9.17, 15) is 4.79 Å². The Kier molecular flexibility index (Phi) is 5.76. The molecule has 1 saturated heterocycles. The summed E-state index contributed by atoms with van der Waals surface area (Å²) in [5, 5.41) is 7.72. The van der Waals surface area contributed by atoms with E-state index in [0.29, 0.717) is 5.95 Å². The highest BCUT2D eigenvalue weighted by molar-refractivity contribution is 5.97. The smallest absolute Gasteiger partial charge is 0.254 e. The summed E-state index contributed by atoms with van der Waals surface area (Å²) in [4.78, 5) is 24.5. The van der Waals surface area contributed by atoms with Gasteiger partial charge in [0.1, 0.15) is 12.4 Å². The number of rotatable bonds is 5. The van der Waals surface area contributed by atoms with Crippen molar-refractivity contribution in [3.05, 3.63) is 47.4 Å². The number of aromatic nitrogens is 3. The zero-order valence-corrected chi connectivity index (χ0v) is 18.3. The number of carbonyl (C=O) groups excluding carboxylic acids is 1. The molecule has 0 unspecified atom stereocenters. The highest BCUT2D eigenvalue weighted by Gasteiger charge is 2.36. The molecule has 1 aromatic carbocycles. The molecule has 0 saturated carbocycles. The zero-order chi connectivity index (χ0) is 21.3. The Morgan fingerprint density at radius 2 is 1.80 bits per heavy atom. The number of anilines is 2. The van der Waals surface area contributed by atoms with Crippen molar-refractivity contribution in [2.45, 2.75) is 26.8 Å². The summed E-state index contributed by atoms with van der Waals surface area (Å²) in [6.45, 7) is 11.5. The molecule has 1 aromatic heterocycles. The predicted octanol–water partition coefficient (Wildman–Crippen LogP) is 2.19. The van der Waals surface area contributed by atoms with Crippen LogP contribution in [0.4, 0.5) is 11.6 Å². The molecule has 2 aromatic rings. The van der Waals surface area contributed by atoms with Crippen LogP contribution in [-0.2, 0) is 4.79 Å². The lowest BCUT2D eigenvalue weighted by Crippen LogP contribution is -2.49. The van der Waals surface area contributed by atoms with Crippen LogP contribution in [0.5, 0.6) is 0 Å². The van der Waals surface area contributed by atoms with Gasteiger partial charge in [-0.2, -0.15) is 10.1 Å². The summed E-state index contributed by atoms with van der Waals surface area (Å²) < 4.78 is 1.82. The van der Waals surface area contributed by atoms with Gasteiger partial charge in [0.15, 0.2) is 0 Å². The minimum absolute atomic E-state index is 0.0760. The van der Waals surface area contributed by atoms with Crippen molar-refractivity contribution in [2.75, 3.05) is 56.5 Å². The molecule has 1 atom stereocenters. The number of allylic oxidation sites excluding steroid dienone is 1. The van der Waals surface area contributed by atoms with Gasteiger partial charge >= 0.3 is 0 Å². The highest BCUT2D eigenvalue weighted by Crippen LogP contribution is 2.36. The first-order valence-electron chi connectivity index (χ1n) is 10.7. The molecule has 0 radical (unpaired) electrons. The van der Waals surface area contributed by atoms with E-state index in [2.05, 4.69) is 70.4 Å². The third kappa shape index (κ3) is 3.67. The molecular formula is C22H31N7O. The van der Waals surface area contributed by atoms with Crippen molar-refractivity contribution in [1.29, 1.82) is 0 Å². The van der Waals surface area contributed by atoms with E-state index in [4.69, 9.17) is 0 Å². The molecule has 1 amide bonds. The van der Waals surface area contributed by atoms with Gasteiger partial charge in [0.05, 0.1) is 5.57 Å². The molecule has 0 spiro atoms. The summed E-state index contributed by atoms with van der Waals surface area (Å²) in [5.74, 6) is 0.743. The molecule has 4 rings (SSSR count). The number of nitrogens with one attached hydrogen (secondary N) is 1. The molecular weight excluding hydrogens is 378 g/mol. The Morgan fingerprint density at radius 1 is 1.13 bits per heavy atom. The van der Waals surface area contributed by atoms with Gasteiger partial charge in [0.2, 0.25) is 5.95 Å². The van der Waals surface area contributed by atoms with Crippen molar-refractivity contribution >= 4 is 17.5 Å². The van der Waals surface area contributed by atoms with Gasteiger partial charge in [-0.25, -0.2) is 4.68 Å². The first-order valence-corrected chi connectivity index (χ1v) is 10.7. The monoisotopic (exact) mass is 409 g/mol. The van der Waals surface area contributed by atoms with Gasteiger partial charge in [-0.15, -0.1) is 0 Å². The molecule has 30 heavy (non-hydrogen) atoms. The van der Waals surface area contributed by atoms with Crippen LogP contribution in [0.1, 0.15) is 32.4 Å². The largest absolute Gasteiger partial charge is 0.372 e. The fraction of sp³-hybridized carbons (Fsp3) is 0.500. The molecule has 2 aliphatic rings. The van der Waals surface area contributed by atoms with E-state index in [1.54, 1.807) is 0 Å². The maximum Gasteiger partial charge on any atom is 0.254 e. The molecule has 0 aliphatic carbocycles. The van der Waals surface area contributed by atoms with E-state index in [1.807, 2.05) is 16.5 Å². The van der Waals surface area contributed by atoms with Crippen molar-refractivity contribution in [1.82, 2.24) is 24.6 Å². The fourth-order valence-corrected chi connectivity index (χ4v) is 4.31. The number of hydrogen-bond acceptors (Lipinski definition) is 6. The molecule has 8 heteroatoms. The minimum atomic E-state index is -0.290. The number of nitrogens with zero attached hydrogens (tertiary/aromatic N) is 6. The summed E-state index contributed by atoms with van der Waals surface area (Å²) in [6.07, 6.45) is 1.54. The van der Waals surface area contributed by atoms with Gasteiger partial charge in [-0.05, 0) is 45.5 Å². The van der Waals surface area contributed by atoms with E-state index in [-0.39, 0.29) is 11.9 Å². The lowest BCUT2D eigenvalue weighted by atomic mass is 9.94. The highest BCUT2D eigenvalue weighted by atomic mass is 16.2. The zero-order valence-electron chi connectivity index (χ0n) is 18.3. The number of fused-ring (bicyclic) bond motifs is 1. The standard InChI is InChI=1S/C22H31N7O/c1-5-27(6-2)18-9-7-17(8-10-18)20-19(16(3)25-22-23-15-24-29(20)22)21(30)28-13-11-26(4)12-14-28/h7-10,15,20H,5-6,11-14H2,1-4H3,(H,23,24,25)/t20-/m0/s1. The van der Waals surface area contributed by atoms with Crippen molar-refractivity contribution < 1.29 is 4.79 Å². The summed E-state index contributed by atoms with van der Waals surface area (Å²) in [5.41, 5.74) is 3.81. The van der Waals surface area contributed by atoms with Crippen LogP contribution in [-0.4, -0.2) is 76.8 Å². The number of carbonyl (C=O) groups is 1. The average molecular weight is 410 g/mol.